The summed E-state index contributed by atoms with van der Waals surface area (Å²) in [4.78, 5) is 23.1. The molecule has 23 heavy (non-hydrogen) atoms. The van der Waals surface area contributed by atoms with Crippen molar-refractivity contribution in [3.63, 3.8) is 0 Å². The number of amides is 2. The molecule has 0 spiro atoms. The van der Waals surface area contributed by atoms with Crippen molar-refractivity contribution < 1.29 is 14.3 Å². The number of methoxy groups -OCH3 is 1. The van der Waals surface area contributed by atoms with Gasteiger partial charge in [0.05, 0.1) is 13.2 Å². The molecule has 0 aliphatic heterocycles. The van der Waals surface area contributed by atoms with Crippen LogP contribution < -0.4 is 10.6 Å². The molecule has 0 fully saturated rings. The van der Waals surface area contributed by atoms with Gasteiger partial charge in [0.1, 0.15) is 0 Å². The standard InChI is InChI=1S/C18H28N2O3/c1-6-7-14-8-10-15(11-9-14)16(12(2)3)19-13(4)17(21)20-18(22)23-5/h8-13,16,19H,6-7H2,1-5H3,(H,20,21,22)/t13-,16+/m1/s1. The van der Waals surface area contributed by atoms with E-state index in [1.54, 1.807) is 6.92 Å². The number of nitrogens with one attached hydrogen (secondary N) is 2. The molecule has 1 rings (SSSR count). The minimum Gasteiger partial charge on any atom is -0.453 e. The number of aryl methyl sites for hydroxylation is 1. The summed E-state index contributed by atoms with van der Waals surface area (Å²) >= 11 is 0. The summed E-state index contributed by atoms with van der Waals surface area (Å²) in [5.41, 5.74) is 2.45. The van der Waals surface area contributed by atoms with Crippen molar-refractivity contribution in [2.75, 3.05) is 7.11 Å². The molecule has 128 valence electrons. The Morgan fingerprint density at radius 1 is 1.13 bits per heavy atom. The van der Waals surface area contributed by atoms with Crippen LogP contribution in [-0.2, 0) is 16.0 Å². The van der Waals surface area contributed by atoms with Gasteiger partial charge in [0.25, 0.3) is 0 Å². The predicted molar refractivity (Wildman–Crippen MR) is 91.2 cm³/mol. The average Bonchev–Trinajstić information content (AvgIpc) is 2.53. The van der Waals surface area contributed by atoms with Crippen LogP contribution in [0.15, 0.2) is 24.3 Å². The monoisotopic (exact) mass is 320 g/mol. The van der Waals surface area contributed by atoms with E-state index in [1.807, 2.05) is 0 Å². The van der Waals surface area contributed by atoms with Crippen LogP contribution in [0.3, 0.4) is 0 Å². The van der Waals surface area contributed by atoms with Gasteiger partial charge >= 0.3 is 6.09 Å². The third-order valence-corrected chi connectivity index (χ3v) is 3.78. The van der Waals surface area contributed by atoms with E-state index in [1.165, 1.54) is 12.7 Å². The lowest BCUT2D eigenvalue weighted by Gasteiger charge is -2.26. The molecule has 0 heterocycles. The maximum absolute atomic E-state index is 12.0. The minimum atomic E-state index is -0.742. The highest BCUT2D eigenvalue weighted by Gasteiger charge is 2.23. The molecule has 0 aliphatic rings. The van der Waals surface area contributed by atoms with E-state index in [0.717, 1.165) is 18.4 Å². The zero-order chi connectivity index (χ0) is 17.4. The van der Waals surface area contributed by atoms with Gasteiger partial charge in [-0.1, -0.05) is 51.5 Å². The number of hydrogen-bond acceptors (Lipinski definition) is 4. The molecule has 0 aliphatic carbocycles. The summed E-state index contributed by atoms with van der Waals surface area (Å²) in [5.74, 6) is -0.0921. The van der Waals surface area contributed by atoms with Crippen molar-refractivity contribution in [2.45, 2.75) is 52.6 Å². The molecule has 0 unspecified atom stereocenters. The summed E-state index contributed by atoms with van der Waals surface area (Å²) in [5, 5.41) is 5.48. The summed E-state index contributed by atoms with van der Waals surface area (Å²) in [6.45, 7) is 8.10. The van der Waals surface area contributed by atoms with Gasteiger partial charge in [-0.2, -0.15) is 0 Å². The van der Waals surface area contributed by atoms with Crippen LogP contribution in [0.2, 0.25) is 0 Å². The third kappa shape index (κ3) is 6.02. The van der Waals surface area contributed by atoms with Crippen molar-refractivity contribution in [3.05, 3.63) is 35.4 Å². The van der Waals surface area contributed by atoms with Crippen molar-refractivity contribution >= 4 is 12.0 Å². The van der Waals surface area contributed by atoms with Crippen LogP contribution >= 0.6 is 0 Å². The fourth-order valence-electron chi connectivity index (χ4n) is 2.46. The number of imide groups is 1. The molecule has 0 saturated carbocycles. The Bertz CT molecular complexity index is 512. The van der Waals surface area contributed by atoms with Crippen molar-refractivity contribution in [1.29, 1.82) is 0 Å². The second-order valence-corrected chi connectivity index (χ2v) is 6.08. The summed E-state index contributed by atoms with van der Waals surface area (Å²) in [6, 6.07) is 8.01. The molecule has 1 aromatic rings. The van der Waals surface area contributed by atoms with E-state index in [2.05, 4.69) is 60.4 Å². The van der Waals surface area contributed by atoms with Crippen LogP contribution in [-0.4, -0.2) is 25.2 Å². The zero-order valence-electron chi connectivity index (χ0n) is 14.7. The van der Waals surface area contributed by atoms with Gasteiger partial charge in [0, 0.05) is 6.04 Å². The summed E-state index contributed by atoms with van der Waals surface area (Å²) in [7, 11) is 1.23. The highest BCUT2D eigenvalue weighted by atomic mass is 16.5. The Hall–Kier alpha value is -1.88. The van der Waals surface area contributed by atoms with Crippen LogP contribution in [0, 0.1) is 5.92 Å². The summed E-state index contributed by atoms with van der Waals surface area (Å²) in [6.07, 6.45) is 1.45. The minimum absolute atomic E-state index is 0.0315. The maximum atomic E-state index is 12.0. The van der Waals surface area contributed by atoms with Gasteiger partial charge in [0.2, 0.25) is 5.91 Å². The first-order chi connectivity index (χ1) is 10.9. The van der Waals surface area contributed by atoms with Gasteiger partial charge in [0.15, 0.2) is 0 Å². The molecule has 1 aromatic carbocycles. The zero-order valence-corrected chi connectivity index (χ0v) is 14.7. The number of benzene rings is 1. The molecule has 2 amide bonds. The number of carbonyl (C=O) groups is 2. The molecule has 0 radical (unpaired) electrons. The maximum Gasteiger partial charge on any atom is 0.413 e. The van der Waals surface area contributed by atoms with E-state index < -0.39 is 18.0 Å². The van der Waals surface area contributed by atoms with Crippen LogP contribution in [0.1, 0.15) is 51.3 Å². The highest BCUT2D eigenvalue weighted by molar-refractivity contribution is 5.94. The predicted octanol–water partition coefficient (Wildman–Crippen LogP) is 3.20. The highest BCUT2D eigenvalue weighted by Crippen LogP contribution is 2.23. The van der Waals surface area contributed by atoms with Crippen molar-refractivity contribution in [2.24, 2.45) is 5.92 Å². The smallest absolute Gasteiger partial charge is 0.413 e. The normalized spacial score (nSPS) is 13.5. The second kappa shape index (κ2) is 9.30. The SMILES string of the molecule is CCCc1ccc([C@@H](N[C@H](C)C(=O)NC(=O)OC)C(C)C)cc1. The fraction of sp³-hybridized carbons (Fsp3) is 0.556. The summed E-state index contributed by atoms with van der Waals surface area (Å²) < 4.78 is 4.45. The molecule has 2 N–H and O–H groups in total. The average molecular weight is 320 g/mol. The number of ether oxygens (including phenoxy) is 1. The molecule has 5 nitrogen and oxygen atoms in total. The first-order valence-electron chi connectivity index (χ1n) is 8.12. The van der Waals surface area contributed by atoms with Gasteiger partial charge in [-0.15, -0.1) is 0 Å². The molecule has 0 aromatic heterocycles. The van der Waals surface area contributed by atoms with E-state index in [0.29, 0.717) is 5.92 Å². The molecule has 0 saturated heterocycles. The van der Waals surface area contributed by atoms with Crippen molar-refractivity contribution in [1.82, 2.24) is 10.6 Å². The van der Waals surface area contributed by atoms with E-state index in [9.17, 15) is 9.59 Å². The van der Waals surface area contributed by atoms with Gasteiger partial charge < -0.3 is 4.74 Å². The van der Waals surface area contributed by atoms with Crippen LogP contribution in [0.25, 0.3) is 0 Å². The number of hydrogen-bond donors (Lipinski definition) is 2. The third-order valence-electron chi connectivity index (χ3n) is 3.78. The Labute approximate surface area is 138 Å². The molecular weight excluding hydrogens is 292 g/mol. The van der Waals surface area contributed by atoms with E-state index in [4.69, 9.17) is 0 Å². The Balaban J connectivity index is 2.78. The van der Waals surface area contributed by atoms with Crippen molar-refractivity contribution in [3.8, 4) is 0 Å². The van der Waals surface area contributed by atoms with Crippen LogP contribution in [0.5, 0.6) is 0 Å². The molecule has 0 bridgehead atoms. The lowest BCUT2D eigenvalue weighted by atomic mass is 9.94. The second-order valence-electron chi connectivity index (χ2n) is 6.08. The van der Waals surface area contributed by atoms with Gasteiger partial charge in [-0.25, -0.2) is 4.79 Å². The van der Waals surface area contributed by atoms with E-state index >= 15 is 0 Å². The molecular formula is C18H28N2O3. The van der Waals surface area contributed by atoms with Crippen LogP contribution in [0.4, 0.5) is 4.79 Å². The number of alkyl carbamates (subject to hydrolysis) is 1. The lowest BCUT2D eigenvalue weighted by molar-refractivity contribution is -0.122. The Kier molecular flexibility index (Phi) is 7.75. The molecule has 2 atom stereocenters. The van der Waals surface area contributed by atoms with Gasteiger partial charge in [-0.3, -0.25) is 15.4 Å². The quantitative estimate of drug-likeness (QED) is 0.809. The lowest BCUT2D eigenvalue weighted by Crippen LogP contribution is -2.46. The number of rotatable bonds is 7. The molecule has 5 heteroatoms. The Morgan fingerprint density at radius 2 is 1.74 bits per heavy atom. The topological polar surface area (TPSA) is 67.4 Å². The first-order valence-corrected chi connectivity index (χ1v) is 8.12. The largest absolute Gasteiger partial charge is 0.453 e. The number of carbonyl (C=O) groups excluding carboxylic acids is 2. The fourth-order valence-corrected chi connectivity index (χ4v) is 2.46. The van der Waals surface area contributed by atoms with E-state index in [-0.39, 0.29) is 6.04 Å². The Morgan fingerprint density at radius 3 is 2.22 bits per heavy atom. The first kappa shape index (κ1) is 19.2. The van der Waals surface area contributed by atoms with Gasteiger partial charge in [-0.05, 0) is 30.4 Å².